The molecule has 0 N–H and O–H groups in total. The minimum Gasteiger partial charge on any atom is -0.378 e. The molecule has 2 nitrogen and oxygen atoms in total. The molecule has 1 aromatic carbocycles. The summed E-state index contributed by atoms with van der Waals surface area (Å²) in [5.41, 5.74) is 0.982. The average Bonchev–Trinajstić information content (AvgIpc) is 2.36. The molecule has 0 saturated carbocycles. The van der Waals surface area contributed by atoms with Crippen LogP contribution >= 0.6 is 35.4 Å². The first-order valence-corrected chi connectivity index (χ1v) is 6.63. The van der Waals surface area contributed by atoms with Gasteiger partial charge in [-0.05, 0) is 11.6 Å². The molecule has 1 fully saturated rings. The Morgan fingerprint density at radius 3 is 2.71 bits per heavy atom. The summed E-state index contributed by atoms with van der Waals surface area (Å²) in [6, 6.07) is 5.64. The molecule has 1 aliphatic rings. The lowest BCUT2D eigenvalue weighted by Crippen LogP contribution is -2.40. The van der Waals surface area contributed by atoms with E-state index in [0.717, 1.165) is 36.9 Å². The van der Waals surface area contributed by atoms with Crippen molar-refractivity contribution in [3.63, 3.8) is 0 Å². The Hall–Kier alpha value is -0.350. The Morgan fingerprint density at radius 2 is 2.00 bits per heavy atom. The standard InChI is InChI=1S/C12H13Cl2NOS/c13-10-3-1-2-9(12(10)14)8-11(17)15-4-6-16-7-5-15/h1-3H,4-8H2. The van der Waals surface area contributed by atoms with Gasteiger partial charge in [-0.25, -0.2) is 0 Å². The number of ether oxygens (including phenoxy) is 1. The van der Waals surface area contributed by atoms with E-state index in [9.17, 15) is 0 Å². The van der Waals surface area contributed by atoms with Gasteiger partial charge in [-0.15, -0.1) is 0 Å². The molecule has 0 bridgehead atoms. The number of nitrogens with zero attached hydrogens (tertiary/aromatic N) is 1. The summed E-state index contributed by atoms with van der Waals surface area (Å²) >= 11 is 17.5. The zero-order chi connectivity index (χ0) is 12.3. The predicted octanol–water partition coefficient (Wildman–Crippen LogP) is 3.20. The molecule has 2 rings (SSSR count). The third kappa shape index (κ3) is 3.32. The minimum atomic E-state index is 0.578. The molecule has 0 amide bonds. The summed E-state index contributed by atoms with van der Waals surface area (Å²) < 4.78 is 5.29. The zero-order valence-electron chi connectivity index (χ0n) is 9.29. The lowest BCUT2D eigenvalue weighted by atomic mass is 10.1. The second-order valence-electron chi connectivity index (χ2n) is 3.88. The lowest BCUT2D eigenvalue weighted by molar-refractivity contribution is 0.0685. The van der Waals surface area contributed by atoms with Crippen LogP contribution in [0, 0.1) is 0 Å². The summed E-state index contributed by atoms with van der Waals surface area (Å²) in [4.78, 5) is 3.06. The Balaban J connectivity index is 2.04. The Morgan fingerprint density at radius 1 is 1.29 bits per heavy atom. The van der Waals surface area contributed by atoms with E-state index in [1.165, 1.54) is 0 Å². The Labute approximate surface area is 116 Å². The average molecular weight is 290 g/mol. The van der Waals surface area contributed by atoms with E-state index in [0.29, 0.717) is 16.5 Å². The molecule has 1 aliphatic heterocycles. The summed E-state index contributed by atoms with van der Waals surface area (Å²) in [7, 11) is 0. The fourth-order valence-corrected chi connectivity index (χ4v) is 2.50. The zero-order valence-corrected chi connectivity index (χ0v) is 11.6. The smallest absolute Gasteiger partial charge is 0.0825 e. The fraction of sp³-hybridized carbons (Fsp3) is 0.417. The van der Waals surface area contributed by atoms with Crippen molar-refractivity contribution in [1.29, 1.82) is 0 Å². The number of rotatable bonds is 2. The molecule has 5 heteroatoms. The first kappa shape index (κ1) is 13.1. The maximum absolute atomic E-state index is 6.14. The van der Waals surface area contributed by atoms with Crippen LogP contribution in [-0.4, -0.2) is 36.2 Å². The first-order chi connectivity index (χ1) is 8.18. The monoisotopic (exact) mass is 289 g/mol. The maximum Gasteiger partial charge on any atom is 0.0825 e. The molecule has 0 aromatic heterocycles. The Bertz CT molecular complexity index is 419. The highest BCUT2D eigenvalue weighted by Crippen LogP contribution is 2.26. The van der Waals surface area contributed by atoms with Gasteiger partial charge in [0.05, 0.1) is 28.2 Å². The molecule has 1 saturated heterocycles. The normalized spacial score (nSPS) is 16.0. The SMILES string of the molecule is S=C(Cc1cccc(Cl)c1Cl)N1CCOCC1. The van der Waals surface area contributed by atoms with Crippen LogP contribution in [0.4, 0.5) is 0 Å². The highest BCUT2D eigenvalue weighted by molar-refractivity contribution is 7.80. The van der Waals surface area contributed by atoms with E-state index in [1.807, 2.05) is 12.1 Å². The minimum absolute atomic E-state index is 0.578. The van der Waals surface area contributed by atoms with Gasteiger partial charge in [-0.1, -0.05) is 47.6 Å². The van der Waals surface area contributed by atoms with Gasteiger partial charge >= 0.3 is 0 Å². The quantitative estimate of drug-likeness (QED) is 0.776. The predicted molar refractivity (Wildman–Crippen MR) is 75.2 cm³/mol. The van der Waals surface area contributed by atoms with Crippen molar-refractivity contribution in [2.75, 3.05) is 26.3 Å². The summed E-state index contributed by atoms with van der Waals surface area (Å²) in [5.74, 6) is 0. The van der Waals surface area contributed by atoms with Crippen molar-refractivity contribution in [2.24, 2.45) is 0 Å². The molecule has 1 heterocycles. The molecular formula is C12H13Cl2NOS. The molecule has 1 aromatic rings. The number of hydrogen-bond acceptors (Lipinski definition) is 2. The summed E-state index contributed by atoms with van der Waals surface area (Å²) in [6.07, 6.45) is 0.661. The van der Waals surface area contributed by atoms with Crippen molar-refractivity contribution in [3.05, 3.63) is 33.8 Å². The summed E-state index contributed by atoms with van der Waals surface area (Å²) in [5, 5.41) is 1.18. The van der Waals surface area contributed by atoms with Crippen molar-refractivity contribution in [3.8, 4) is 0 Å². The Kier molecular flexibility index (Phi) is 4.62. The van der Waals surface area contributed by atoms with Gasteiger partial charge in [-0.2, -0.15) is 0 Å². The van der Waals surface area contributed by atoms with Gasteiger partial charge in [-0.3, -0.25) is 0 Å². The van der Waals surface area contributed by atoms with Crippen LogP contribution in [0.15, 0.2) is 18.2 Å². The van der Waals surface area contributed by atoms with Crippen molar-refractivity contribution >= 4 is 40.4 Å². The highest BCUT2D eigenvalue weighted by Gasteiger charge is 2.15. The molecule has 17 heavy (non-hydrogen) atoms. The van der Waals surface area contributed by atoms with E-state index >= 15 is 0 Å². The van der Waals surface area contributed by atoms with Crippen molar-refractivity contribution < 1.29 is 4.74 Å². The van der Waals surface area contributed by atoms with Gasteiger partial charge < -0.3 is 9.64 Å². The molecular weight excluding hydrogens is 277 g/mol. The summed E-state index contributed by atoms with van der Waals surface area (Å²) in [6.45, 7) is 3.20. The number of benzene rings is 1. The highest BCUT2D eigenvalue weighted by atomic mass is 35.5. The van der Waals surface area contributed by atoms with Crippen molar-refractivity contribution in [1.82, 2.24) is 4.90 Å². The third-order valence-corrected chi connectivity index (χ3v) is 4.00. The maximum atomic E-state index is 6.14. The lowest BCUT2D eigenvalue weighted by Gasteiger charge is -2.29. The molecule has 92 valence electrons. The largest absolute Gasteiger partial charge is 0.378 e. The van der Waals surface area contributed by atoms with Crippen LogP contribution < -0.4 is 0 Å². The molecule has 0 aliphatic carbocycles. The van der Waals surface area contributed by atoms with Gasteiger partial charge in [0.15, 0.2) is 0 Å². The topological polar surface area (TPSA) is 12.5 Å². The van der Waals surface area contributed by atoms with Gasteiger partial charge in [0, 0.05) is 19.5 Å². The number of thiocarbonyl (C=S) groups is 1. The number of hydrogen-bond donors (Lipinski definition) is 0. The van der Waals surface area contributed by atoms with E-state index in [-0.39, 0.29) is 0 Å². The second kappa shape index (κ2) is 6.01. The van der Waals surface area contributed by atoms with Crippen LogP contribution in [0.2, 0.25) is 10.0 Å². The molecule has 0 unspecified atom stereocenters. The van der Waals surface area contributed by atoms with Crippen LogP contribution in [-0.2, 0) is 11.2 Å². The van der Waals surface area contributed by atoms with Gasteiger partial charge in [0.2, 0.25) is 0 Å². The first-order valence-electron chi connectivity index (χ1n) is 5.47. The van der Waals surface area contributed by atoms with E-state index < -0.39 is 0 Å². The molecule has 0 spiro atoms. The van der Waals surface area contributed by atoms with Gasteiger partial charge in [0.25, 0.3) is 0 Å². The molecule has 0 radical (unpaired) electrons. The fourth-order valence-electron chi connectivity index (χ4n) is 1.77. The number of morpholine rings is 1. The van der Waals surface area contributed by atoms with Crippen LogP contribution in [0.3, 0.4) is 0 Å². The second-order valence-corrected chi connectivity index (χ2v) is 5.14. The van der Waals surface area contributed by atoms with E-state index in [1.54, 1.807) is 6.07 Å². The number of halogens is 2. The van der Waals surface area contributed by atoms with Crippen LogP contribution in [0.25, 0.3) is 0 Å². The van der Waals surface area contributed by atoms with Crippen LogP contribution in [0.5, 0.6) is 0 Å². The third-order valence-electron chi connectivity index (χ3n) is 2.74. The van der Waals surface area contributed by atoms with E-state index in [4.69, 9.17) is 40.2 Å². The molecule has 0 atom stereocenters. The van der Waals surface area contributed by atoms with Gasteiger partial charge in [0.1, 0.15) is 0 Å². The van der Waals surface area contributed by atoms with Crippen molar-refractivity contribution in [2.45, 2.75) is 6.42 Å². The van der Waals surface area contributed by atoms with Crippen LogP contribution in [0.1, 0.15) is 5.56 Å². The van der Waals surface area contributed by atoms with E-state index in [2.05, 4.69) is 4.90 Å².